The highest BCUT2D eigenvalue weighted by Crippen LogP contribution is 2.47. The fourth-order valence-corrected chi connectivity index (χ4v) is 5.06. The minimum Gasteiger partial charge on any atom is -0.386 e. The summed E-state index contributed by atoms with van der Waals surface area (Å²) in [6.45, 7) is 0. The third-order valence-corrected chi connectivity index (χ3v) is 6.26. The van der Waals surface area contributed by atoms with E-state index in [0.717, 1.165) is 12.1 Å². The quantitative estimate of drug-likeness (QED) is 0.155. The Morgan fingerprint density at radius 2 is 0.875 bits per heavy atom. The zero-order valence-electron chi connectivity index (χ0n) is 15.7. The Hall–Kier alpha value is -4.46. The number of rotatable bonds is 0. The highest BCUT2D eigenvalue weighted by molar-refractivity contribution is 6.40. The maximum Gasteiger partial charge on any atom is 0.346 e. The van der Waals surface area contributed by atoms with Crippen LogP contribution in [0.5, 0.6) is 0 Å². The average molecular weight is 428 g/mol. The average Bonchev–Trinajstić information content (AvgIpc) is 2.75. The lowest BCUT2D eigenvalue weighted by Gasteiger charge is -2.23. The van der Waals surface area contributed by atoms with E-state index in [1.807, 2.05) is 0 Å². The van der Waals surface area contributed by atoms with E-state index in [9.17, 15) is 19.2 Å². The van der Waals surface area contributed by atoms with E-state index in [1.165, 1.54) is 24.3 Å². The Labute approximate surface area is 175 Å². The molecule has 0 saturated carbocycles. The molecule has 2 heterocycles. The van der Waals surface area contributed by atoms with Crippen LogP contribution in [0.4, 0.5) is 8.78 Å². The lowest BCUT2D eigenvalue weighted by Crippen LogP contribution is -2.21. The first-order valence-corrected chi connectivity index (χ1v) is 9.49. The maximum absolute atomic E-state index is 15.4. The van der Waals surface area contributed by atoms with Gasteiger partial charge in [-0.2, -0.15) is 0 Å². The number of ether oxygens (including phenoxy) is 2. The van der Waals surface area contributed by atoms with Crippen molar-refractivity contribution in [2.75, 3.05) is 0 Å². The van der Waals surface area contributed by atoms with Crippen molar-refractivity contribution in [1.29, 1.82) is 0 Å². The molecule has 2 aliphatic heterocycles. The summed E-state index contributed by atoms with van der Waals surface area (Å²) in [5.41, 5.74) is -0.141. The fourth-order valence-electron chi connectivity index (χ4n) is 5.06. The van der Waals surface area contributed by atoms with Crippen molar-refractivity contribution in [3.63, 3.8) is 0 Å². The Bertz CT molecular complexity index is 1700. The SMILES string of the molecule is O=C1OC(=O)c2ccc3c4c(F)cc5c6c(cc(F)c(c7ccc1c2c73)c64)C(=O)OC5=O. The van der Waals surface area contributed by atoms with Gasteiger partial charge in [0.1, 0.15) is 11.6 Å². The van der Waals surface area contributed by atoms with E-state index in [1.54, 1.807) is 0 Å². The van der Waals surface area contributed by atoms with Gasteiger partial charge >= 0.3 is 23.9 Å². The van der Waals surface area contributed by atoms with Crippen LogP contribution >= 0.6 is 0 Å². The van der Waals surface area contributed by atoms with E-state index >= 15 is 8.78 Å². The van der Waals surface area contributed by atoms with Gasteiger partial charge in [0.25, 0.3) is 0 Å². The number of hydrogen-bond donors (Lipinski definition) is 0. The number of hydrogen-bond acceptors (Lipinski definition) is 6. The van der Waals surface area contributed by atoms with Crippen LogP contribution in [0.25, 0.3) is 43.1 Å². The maximum atomic E-state index is 15.4. The second-order valence-electron chi connectivity index (χ2n) is 7.74. The Morgan fingerprint density at radius 3 is 1.34 bits per heavy atom. The summed E-state index contributed by atoms with van der Waals surface area (Å²) in [6, 6.07) is 7.71. The molecule has 152 valence electrons. The second-order valence-corrected chi connectivity index (χ2v) is 7.74. The van der Waals surface area contributed by atoms with Gasteiger partial charge in [-0.05, 0) is 40.4 Å². The van der Waals surface area contributed by atoms with Crippen molar-refractivity contribution >= 4 is 67.0 Å². The Morgan fingerprint density at radius 1 is 0.469 bits per heavy atom. The lowest BCUT2D eigenvalue weighted by molar-refractivity contribution is 0.0373. The minimum atomic E-state index is -1.02. The molecule has 6 nitrogen and oxygen atoms in total. The molecule has 0 fully saturated rings. The third kappa shape index (κ3) is 1.76. The number of carbonyl (C=O) groups excluding carboxylic acids is 4. The van der Waals surface area contributed by atoms with Crippen molar-refractivity contribution in [2.45, 2.75) is 0 Å². The normalized spacial score (nSPS) is 15.3. The highest BCUT2D eigenvalue weighted by atomic mass is 19.1. The first-order chi connectivity index (χ1) is 15.4. The van der Waals surface area contributed by atoms with E-state index < -0.39 is 35.5 Å². The molecular weight excluding hydrogens is 422 g/mol. The van der Waals surface area contributed by atoms with Crippen molar-refractivity contribution in [3.05, 3.63) is 70.3 Å². The number of carbonyl (C=O) groups is 4. The van der Waals surface area contributed by atoms with Gasteiger partial charge in [-0.25, -0.2) is 28.0 Å². The van der Waals surface area contributed by atoms with Crippen LogP contribution in [0.3, 0.4) is 0 Å². The zero-order valence-corrected chi connectivity index (χ0v) is 15.7. The van der Waals surface area contributed by atoms with Crippen LogP contribution in [0, 0.1) is 11.6 Å². The van der Waals surface area contributed by atoms with Crippen LogP contribution in [0.1, 0.15) is 41.4 Å². The molecule has 0 amide bonds. The topological polar surface area (TPSA) is 86.7 Å². The predicted molar refractivity (Wildman–Crippen MR) is 107 cm³/mol. The van der Waals surface area contributed by atoms with Crippen molar-refractivity contribution in [1.82, 2.24) is 0 Å². The molecule has 0 atom stereocenters. The van der Waals surface area contributed by atoms with Crippen molar-refractivity contribution in [3.8, 4) is 0 Å². The van der Waals surface area contributed by atoms with Crippen LogP contribution in [0.15, 0.2) is 36.4 Å². The van der Waals surface area contributed by atoms with Gasteiger partial charge in [0, 0.05) is 26.9 Å². The van der Waals surface area contributed by atoms with Gasteiger partial charge in [-0.3, -0.25) is 0 Å². The molecule has 0 aliphatic carbocycles. The smallest absolute Gasteiger partial charge is 0.346 e. The molecule has 0 bridgehead atoms. The van der Waals surface area contributed by atoms with Crippen LogP contribution < -0.4 is 0 Å². The molecule has 0 radical (unpaired) electrons. The number of cyclic esters (lactones) is 4. The summed E-state index contributed by atoms with van der Waals surface area (Å²) < 4.78 is 40.3. The molecule has 32 heavy (non-hydrogen) atoms. The first-order valence-electron chi connectivity index (χ1n) is 9.49. The molecule has 7 rings (SSSR count). The Balaban J connectivity index is 1.88. The lowest BCUT2D eigenvalue weighted by atomic mass is 9.83. The summed E-state index contributed by atoms with van der Waals surface area (Å²) >= 11 is 0. The molecule has 8 heteroatoms. The molecule has 5 aromatic rings. The standard InChI is InChI=1S/C24H6F2O6/c25-13-5-11-17-12(24(30)32-23(11)29)6-14(26)19-8-2-4-10-16-9(21(27)31-22(10)28)3-1-7(15(8)16)18(13)20(17)19/h1-6H. The van der Waals surface area contributed by atoms with Crippen LogP contribution in [-0.2, 0) is 9.47 Å². The fraction of sp³-hybridized carbons (Fsp3) is 0. The van der Waals surface area contributed by atoms with Gasteiger partial charge in [-0.15, -0.1) is 0 Å². The number of halogens is 2. The second kappa shape index (κ2) is 5.23. The molecule has 5 aromatic carbocycles. The molecular formula is C24H6F2O6. The Kier molecular flexibility index (Phi) is 2.82. The summed E-state index contributed by atoms with van der Waals surface area (Å²) in [7, 11) is 0. The molecule has 0 aromatic heterocycles. The number of esters is 4. The summed E-state index contributed by atoms with van der Waals surface area (Å²) in [4.78, 5) is 49.2. The van der Waals surface area contributed by atoms with Gasteiger partial charge in [0.2, 0.25) is 0 Å². The number of benzene rings is 5. The predicted octanol–water partition coefficient (Wildman–Crippen LogP) is 4.64. The van der Waals surface area contributed by atoms with Gasteiger partial charge in [0.15, 0.2) is 0 Å². The monoisotopic (exact) mass is 428 g/mol. The van der Waals surface area contributed by atoms with Gasteiger partial charge in [0.05, 0.1) is 22.3 Å². The molecule has 0 saturated heterocycles. The van der Waals surface area contributed by atoms with Crippen LogP contribution in [0.2, 0.25) is 0 Å². The summed E-state index contributed by atoms with van der Waals surface area (Å²) in [5, 5.41) is 1.31. The molecule has 0 N–H and O–H groups in total. The first kappa shape index (κ1) is 17.2. The van der Waals surface area contributed by atoms with Gasteiger partial charge < -0.3 is 9.47 Å². The highest BCUT2D eigenvalue weighted by Gasteiger charge is 2.35. The van der Waals surface area contributed by atoms with E-state index in [-0.39, 0.29) is 49.2 Å². The van der Waals surface area contributed by atoms with Gasteiger partial charge in [-0.1, -0.05) is 12.1 Å². The minimum absolute atomic E-state index is 0.0235. The largest absolute Gasteiger partial charge is 0.386 e. The molecule has 0 spiro atoms. The summed E-state index contributed by atoms with van der Waals surface area (Å²) in [5.74, 6) is -5.39. The van der Waals surface area contributed by atoms with E-state index in [4.69, 9.17) is 4.74 Å². The third-order valence-electron chi connectivity index (χ3n) is 6.26. The zero-order chi connectivity index (χ0) is 22.0. The van der Waals surface area contributed by atoms with E-state index in [2.05, 4.69) is 4.74 Å². The van der Waals surface area contributed by atoms with Crippen molar-refractivity contribution in [2.24, 2.45) is 0 Å². The van der Waals surface area contributed by atoms with E-state index in [0.29, 0.717) is 16.2 Å². The number of fused-ring (bicyclic) bond motifs is 2. The van der Waals surface area contributed by atoms with Crippen LogP contribution in [-0.4, -0.2) is 23.9 Å². The van der Waals surface area contributed by atoms with Crippen molar-refractivity contribution < 1.29 is 37.4 Å². The molecule has 2 aliphatic rings. The molecule has 0 unspecified atom stereocenters. The summed E-state index contributed by atoms with van der Waals surface area (Å²) in [6.07, 6.45) is 0.